The van der Waals surface area contributed by atoms with Crippen molar-refractivity contribution in [2.45, 2.75) is 13.8 Å². The van der Waals surface area contributed by atoms with E-state index < -0.39 is 0 Å². The summed E-state index contributed by atoms with van der Waals surface area (Å²) in [5.74, 6) is -0.0376. The van der Waals surface area contributed by atoms with E-state index >= 15 is 0 Å². The largest absolute Gasteiger partial charge is 0.508 e. The normalized spacial score (nSPS) is 10.4. The molecule has 80 valence electrons. The topological polar surface area (TPSA) is 61.7 Å². The molecule has 5 heteroatoms. The zero-order valence-electron chi connectivity index (χ0n) is 8.52. The maximum absolute atomic E-state index is 10.6. The van der Waals surface area contributed by atoms with E-state index in [2.05, 4.69) is 10.5 Å². The SMILES string of the molecule is CC(=O)N/N=C(\C)c1cccc(O)c1.[W]. The molecule has 0 bridgehead atoms. The first-order chi connectivity index (χ1) is 6.59. The van der Waals surface area contributed by atoms with Gasteiger partial charge >= 0.3 is 0 Å². The first-order valence-corrected chi connectivity index (χ1v) is 4.20. The number of hydrogen-bond donors (Lipinski definition) is 2. The molecule has 0 heterocycles. The number of amides is 1. The Bertz CT molecular complexity index is 377. The maximum Gasteiger partial charge on any atom is 0.236 e. The van der Waals surface area contributed by atoms with Crippen molar-refractivity contribution in [3.63, 3.8) is 0 Å². The van der Waals surface area contributed by atoms with Crippen molar-refractivity contribution in [1.29, 1.82) is 0 Å². The van der Waals surface area contributed by atoms with Crippen molar-refractivity contribution < 1.29 is 31.0 Å². The summed E-state index contributed by atoms with van der Waals surface area (Å²) in [6.07, 6.45) is 0. The quantitative estimate of drug-likeness (QED) is 0.603. The summed E-state index contributed by atoms with van der Waals surface area (Å²) in [6, 6.07) is 6.69. The van der Waals surface area contributed by atoms with Crippen molar-refractivity contribution in [3.8, 4) is 5.75 Å². The molecule has 2 N–H and O–H groups in total. The molecule has 0 aromatic heterocycles. The molecular formula is C10H12N2O2W. The van der Waals surface area contributed by atoms with Gasteiger partial charge in [0.2, 0.25) is 5.91 Å². The molecule has 0 spiro atoms. The van der Waals surface area contributed by atoms with Gasteiger partial charge in [0.1, 0.15) is 5.75 Å². The van der Waals surface area contributed by atoms with Crippen molar-refractivity contribution in [2.75, 3.05) is 0 Å². The zero-order valence-corrected chi connectivity index (χ0v) is 11.5. The Morgan fingerprint density at radius 3 is 2.60 bits per heavy atom. The van der Waals surface area contributed by atoms with Crippen LogP contribution in [0.1, 0.15) is 19.4 Å². The fourth-order valence-corrected chi connectivity index (χ4v) is 0.958. The number of carbonyl (C=O) groups excluding carboxylic acids is 1. The Kier molecular flexibility index (Phi) is 5.87. The Labute approximate surface area is 103 Å². The van der Waals surface area contributed by atoms with Crippen molar-refractivity contribution >= 4 is 11.6 Å². The first kappa shape index (κ1) is 13.8. The van der Waals surface area contributed by atoms with E-state index in [1.54, 1.807) is 31.2 Å². The number of carbonyl (C=O) groups is 1. The van der Waals surface area contributed by atoms with E-state index in [1.165, 1.54) is 6.92 Å². The second-order valence-electron chi connectivity index (χ2n) is 2.92. The van der Waals surface area contributed by atoms with Crippen LogP contribution in [0, 0.1) is 0 Å². The molecule has 0 fully saturated rings. The fourth-order valence-electron chi connectivity index (χ4n) is 0.958. The van der Waals surface area contributed by atoms with Crippen molar-refractivity contribution in [2.24, 2.45) is 5.10 Å². The molecule has 0 aliphatic heterocycles. The molecular weight excluding hydrogens is 364 g/mol. The molecule has 0 saturated carbocycles. The van der Waals surface area contributed by atoms with E-state index in [4.69, 9.17) is 0 Å². The van der Waals surface area contributed by atoms with E-state index in [9.17, 15) is 9.90 Å². The van der Waals surface area contributed by atoms with Gasteiger partial charge in [0, 0.05) is 33.6 Å². The van der Waals surface area contributed by atoms with E-state index in [-0.39, 0.29) is 32.7 Å². The zero-order chi connectivity index (χ0) is 10.6. The van der Waals surface area contributed by atoms with Crippen LogP contribution in [-0.4, -0.2) is 16.7 Å². The standard InChI is InChI=1S/C10H12N2O2.W/c1-7(11-12-8(2)13)9-4-3-5-10(14)6-9;/h3-6,14H,1-2H3,(H,12,13);/b11-7+;. The molecule has 15 heavy (non-hydrogen) atoms. The first-order valence-electron chi connectivity index (χ1n) is 4.20. The van der Waals surface area contributed by atoms with Gasteiger partial charge in [-0.2, -0.15) is 5.10 Å². The Balaban J connectivity index is 0.00000196. The third-order valence-corrected chi connectivity index (χ3v) is 1.64. The summed E-state index contributed by atoms with van der Waals surface area (Å²) >= 11 is 0. The van der Waals surface area contributed by atoms with Crippen LogP contribution in [0.4, 0.5) is 0 Å². The van der Waals surface area contributed by atoms with Gasteiger partial charge in [-0.1, -0.05) is 12.1 Å². The molecule has 4 nitrogen and oxygen atoms in total. The van der Waals surface area contributed by atoms with Crippen LogP contribution in [-0.2, 0) is 25.9 Å². The Morgan fingerprint density at radius 2 is 2.07 bits per heavy atom. The van der Waals surface area contributed by atoms with Gasteiger partial charge in [0.15, 0.2) is 0 Å². The summed E-state index contributed by atoms with van der Waals surface area (Å²) in [5, 5.41) is 13.0. The van der Waals surface area contributed by atoms with Crippen LogP contribution in [0.25, 0.3) is 0 Å². The van der Waals surface area contributed by atoms with Gasteiger partial charge in [0.25, 0.3) is 0 Å². The van der Waals surface area contributed by atoms with Gasteiger partial charge in [-0.05, 0) is 19.1 Å². The predicted octanol–water partition coefficient (Wildman–Crippen LogP) is 1.25. The minimum absolute atomic E-state index is 0. The minimum atomic E-state index is -0.218. The van der Waals surface area contributed by atoms with Gasteiger partial charge in [0.05, 0.1) is 5.71 Å². The number of benzene rings is 1. The van der Waals surface area contributed by atoms with Crippen LogP contribution in [0.5, 0.6) is 5.75 Å². The number of phenols is 1. The third-order valence-electron chi connectivity index (χ3n) is 1.64. The summed E-state index contributed by atoms with van der Waals surface area (Å²) in [5.41, 5.74) is 3.76. The summed E-state index contributed by atoms with van der Waals surface area (Å²) in [7, 11) is 0. The second-order valence-corrected chi connectivity index (χ2v) is 2.92. The minimum Gasteiger partial charge on any atom is -0.508 e. The molecule has 0 unspecified atom stereocenters. The average Bonchev–Trinajstić information content (AvgIpc) is 2.14. The maximum atomic E-state index is 10.6. The molecule has 0 saturated heterocycles. The van der Waals surface area contributed by atoms with Crippen LogP contribution < -0.4 is 5.43 Å². The van der Waals surface area contributed by atoms with Crippen LogP contribution in [0.2, 0.25) is 0 Å². The van der Waals surface area contributed by atoms with Gasteiger partial charge < -0.3 is 5.11 Å². The molecule has 1 rings (SSSR count). The van der Waals surface area contributed by atoms with Gasteiger partial charge in [-0.25, -0.2) is 5.43 Å². The van der Waals surface area contributed by atoms with E-state index in [0.29, 0.717) is 5.71 Å². The third kappa shape index (κ3) is 4.75. The summed E-state index contributed by atoms with van der Waals surface area (Å²) < 4.78 is 0. The number of hydrazone groups is 1. The molecule has 1 amide bonds. The molecule has 0 aliphatic carbocycles. The number of rotatable bonds is 2. The second kappa shape index (κ2) is 6.35. The summed E-state index contributed by atoms with van der Waals surface area (Å²) in [4.78, 5) is 10.6. The van der Waals surface area contributed by atoms with Crippen LogP contribution in [0.3, 0.4) is 0 Å². The van der Waals surface area contributed by atoms with Crippen molar-refractivity contribution in [3.05, 3.63) is 29.8 Å². The molecule has 1 aromatic carbocycles. The average molecular weight is 376 g/mol. The van der Waals surface area contributed by atoms with Gasteiger partial charge in [-0.3, -0.25) is 4.79 Å². The smallest absolute Gasteiger partial charge is 0.236 e. The van der Waals surface area contributed by atoms with Crippen LogP contribution in [0.15, 0.2) is 29.4 Å². The van der Waals surface area contributed by atoms with Crippen molar-refractivity contribution in [1.82, 2.24) is 5.43 Å². The molecule has 0 atom stereocenters. The number of hydrogen-bond acceptors (Lipinski definition) is 3. The van der Waals surface area contributed by atoms with E-state index in [0.717, 1.165) is 5.56 Å². The number of aromatic hydroxyl groups is 1. The predicted molar refractivity (Wildman–Crippen MR) is 54.1 cm³/mol. The fraction of sp³-hybridized carbons (Fsp3) is 0.200. The number of nitrogens with one attached hydrogen (secondary N) is 1. The number of nitrogens with zero attached hydrogens (tertiary/aromatic N) is 1. The monoisotopic (exact) mass is 376 g/mol. The molecule has 0 aliphatic rings. The van der Waals surface area contributed by atoms with Gasteiger partial charge in [-0.15, -0.1) is 0 Å². The number of phenolic OH excluding ortho intramolecular Hbond substituents is 1. The summed E-state index contributed by atoms with van der Waals surface area (Å²) in [6.45, 7) is 3.14. The molecule has 1 aromatic rings. The molecule has 0 radical (unpaired) electrons. The Morgan fingerprint density at radius 1 is 1.40 bits per heavy atom. The van der Waals surface area contributed by atoms with E-state index in [1.807, 2.05) is 0 Å². The Hall–Kier alpha value is -1.15. The van der Waals surface area contributed by atoms with Crippen LogP contribution >= 0.6 is 0 Å².